The highest BCUT2D eigenvalue weighted by Gasteiger charge is 2.34. The molecule has 3 atom stereocenters. The van der Waals surface area contributed by atoms with Crippen LogP contribution in [0.3, 0.4) is 0 Å². The third kappa shape index (κ3) is 3.84. The molecule has 0 aromatic heterocycles. The van der Waals surface area contributed by atoms with Gasteiger partial charge in [0.15, 0.2) is 0 Å². The van der Waals surface area contributed by atoms with Gasteiger partial charge in [0.25, 0.3) is 0 Å². The molecule has 4 heteroatoms. The molecule has 0 bridgehead atoms. The van der Waals surface area contributed by atoms with Crippen LogP contribution in [-0.2, 0) is 19.4 Å². The van der Waals surface area contributed by atoms with Crippen LogP contribution >= 0.6 is 0 Å². The van der Waals surface area contributed by atoms with Crippen molar-refractivity contribution in [3.8, 4) is 5.75 Å². The molecule has 0 aliphatic heterocycles. The Morgan fingerprint density at radius 3 is 2.52 bits per heavy atom. The SMILES string of the molecule is COc1ccc(CNCC2CC(O)c3c(ccc4c5c(ccc34)CCCC5)C2O)cc1. The van der Waals surface area contributed by atoms with E-state index in [9.17, 15) is 10.2 Å². The molecule has 0 radical (unpaired) electrons. The van der Waals surface area contributed by atoms with Crippen molar-refractivity contribution in [1.82, 2.24) is 5.32 Å². The van der Waals surface area contributed by atoms with Gasteiger partial charge in [-0.3, -0.25) is 0 Å². The Kier molecular flexibility index (Phi) is 5.70. The summed E-state index contributed by atoms with van der Waals surface area (Å²) in [6, 6.07) is 16.6. The lowest BCUT2D eigenvalue weighted by Gasteiger charge is -2.35. The van der Waals surface area contributed by atoms with E-state index in [4.69, 9.17) is 4.74 Å². The van der Waals surface area contributed by atoms with Gasteiger partial charge in [0.05, 0.1) is 19.3 Å². The number of hydrogen-bond donors (Lipinski definition) is 3. The van der Waals surface area contributed by atoms with Crippen molar-refractivity contribution in [2.45, 2.75) is 50.9 Å². The fourth-order valence-electron chi connectivity index (χ4n) is 5.46. The molecule has 3 aromatic rings. The zero-order valence-corrected chi connectivity index (χ0v) is 18.1. The minimum absolute atomic E-state index is 0.0178. The average Bonchev–Trinajstić information content (AvgIpc) is 2.81. The number of fused-ring (bicyclic) bond motifs is 5. The van der Waals surface area contributed by atoms with Gasteiger partial charge in [0.1, 0.15) is 5.75 Å². The minimum Gasteiger partial charge on any atom is -0.497 e. The summed E-state index contributed by atoms with van der Waals surface area (Å²) in [4.78, 5) is 0. The molecule has 0 fully saturated rings. The van der Waals surface area contributed by atoms with Gasteiger partial charge in [-0.15, -0.1) is 0 Å². The monoisotopic (exact) mass is 417 g/mol. The number of methoxy groups -OCH3 is 1. The van der Waals surface area contributed by atoms with E-state index in [1.807, 2.05) is 24.3 Å². The highest BCUT2D eigenvalue weighted by molar-refractivity contribution is 5.91. The molecule has 0 heterocycles. The van der Waals surface area contributed by atoms with E-state index in [0.717, 1.165) is 41.6 Å². The summed E-state index contributed by atoms with van der Waals surface area (Å²) < 4.78 is 5.21. The van der Waals surface area contributed by atoms with Crippen LogP contribution in [0.4, 0.5) is 0 Å². The summed E-state index contributed by atoms with van der Waals surface area (Å²) in [5.41, 5.74) is 5.88. The smallest absolute Gasteiger partial charge is 0.118 e. The highest BCUT2D eigenvalue weighted by Crippen LogP contribution is 2.44. The van der Waals surface area contributed by atoms with E-state index < -0.39 is 12.2 Å². The molecule has 0 spiro atoms. The number of ether oxygens (including phenoxy) is 1. The fourth-order valence-corrected chi connectivity index (χ4v) is 5.46. The van der Waals surface area contributed by atoms with Gasteiger partial charge in [-0.1, -0.05) is 36.4 Å². The van der Waals surface area contributed by atoms with Crippen molar-refractivity contribution in [2.24, 2.45) is 5.92 Å². The van der Waals surface area contributed by atoms with E-state index in [1.165, 1.54) is 34.9 Å². The van der Waals surface area contributed by atoms with Gasteiger partial charge in [-0.25, -0.2) is 0 Å². The summed E-state index contributed by atoms with van der Waals surface area (Å²) in [6.45, 7) is 1.38. The van der Waals surface area contributed by atoms with Crippen LogP contribution < -0.4 is 10.1 Å². The van der Waals surface area contributed by atoms with Gasteiger partial charge in [-0.05, 0) is 82.8 Å². The second-order valence-electron chi connectivity index (χ2n) is 9.01. The summed E-state index contributed by atoms with van der Waals surface area (Å²) in [5, 5.41) is 28.0. The molecule has 3 aromatic carbocycles. The van der Waals surface area contributed by atoms with E-state index in [0.29, 0.717) is 13.0 Å². The van der Waals surface area contributed by atoms with Crippen molar-refractivity contribution >= 4 is 10.8 Å². The number of aliphatic hydroxyl groups excluding tert-OH is 2. The number of hydrogen-bond acceptors (Lipinski definition) is 4. The quantitative estimate of drug-likeness (QED) is 0.568. The Bertz CT molecular complexity index is 1080. The fraction of sp³-hybridized carbons (Fsp3) is 0.407. The Hall–Kier alpha value is -2.40. The Balaban J connectivity index is 1.35. The third-order valence-corrected chi connectivity index (χ3v) is 7.13. The summed E-state index contributed by atoms with van der Waals surface area (Å²) >= 11 is 0. The molecule has 3 N–H and O–H groups in total. The molecule has 31 heavy (non-hydrogen) atoms. The molecular weight excluding hydrogens is 386 g/mol. The Morgan fingerprint density at radius 1 is 0.935 bits per heavy atom. The molecular formula is C27H31NO3. The average molecular weight is 418 g/mol. The lowest BCUT2D eigenvalue weighted by molar-refractivity contribution is 0.0395. The maximum absolute atomic E-state index is 11.1. The topological polar surface area (TPSA) is 61.7 Å². The number of nitrogens with one attached hydrogen (secondary N) is 1. The van der Waals surface area contributed by atoms with Gasteiger partial charge in [-0.2, -0.15) is 0 Å². The predicted molar refractivity (Wildman–Crippen MR) is 123 cm³/mol. The van der Waals surface area contributed by atoms with Gasteiger partial charge in [0, 0.05) is 19.0 Å². The normalized spacial score (nSPS) is 22.7. The second-order valence-corrected chi connectivity index (χ2v) is 9.01. The number of aryl methyl sites for hydroxylation is 2. The maximum Gasteiger partial charge on any atom is 0.118 e. The van der Waals surface area contributed by atoms with Crippen molar-refractivity contribution in [1.29, 1.82) is 0 Å². The molecule has 0 saturated heterocycles. The lowest BCUT2D eigenvalue weighted by Crippen LogP contribution is -2.32. The third-order valence-electron chi connectivity index (χ3n) is 7.13. The molecule has 2 aliphatic rings. The van der Waals surface area contributed by atoms with Gasteiger partial charge >= 0.3 is 0 Å². The molecule has 162 valence electrons. The van der Waals surface area contributed by atoms with E-state index in [1.54, 1.807) is 7.11 Å². The zero-order valence-electron chi connectivity index (χ0n) is 18.1. The number of rotatable bonds is 5. The van der Waals surface area contributed by atoms with Crippen molar-refractivity contribution in [3.05, 3.63) is 76.3 Å². The molecule has 5 rings (SSSR count). The molecule has 0 saturated carbocycles. The Labute approximate surface area is 183 Å². The van der Waals surface area contributed by atoms with Crippen LogP contribution in [0.5, 0.6) is 5.75 Å². The van der Waals surface area contributed by atoms with Gasteiger partial charge < -0.3 is 20.3 Å². The first-order valence-corrected chi connectivity index (χ1v) is 11.4. The lowest BCUT2D eigenvalue weighted by atomic mass is 9.76. The Morgan fingerprint density at radius 2 is 1.71 bits per heavy atom. The minimum atomic E-state index is -0.567. The van der Waals surface area contributed by atoms with Crippen LogP contribution in [0.1, 0.15) is 59.3 Å². The molecule has 3 unspecified atom stereocenters. The van der Waals surface area contributed by atoms with Crippen molar-refractivity contribution < 1.29 is 14.9 Å². The zero-order chi connectivity index (χ0) is 21.4. The van der Waals surface area contributed by atoms with Gasteiger partial charge in [0.2, 0.25) is 0 Å². The predicted octanol–water partition coefficient (Wildman–Crippen LogP) is 4.60. The molecule has 2 aliphatic carbocycles. The second kappa shape index (κ2) is 8.62. The maximum atomic E-state index is 11.1. The van der Waals surface area contributed by atoms with Crippen LogP contribution in [0.2, 0.25) is 0 Å². The van der Waals surface area contributed by atoms with Crippen LogP contribution in [0.15, 0.2) is 48.5 Å². The van der Waals surface area contributed by atoms with E-state index in [-0.39, 0.29) is 5.92 Å². The first kappa shape index (κ1) is 20.5. The summed E-state index contributed by atoms with van der Waals surface area (Å²) in [6.07, 6.45) is 4.21. The summed E-state index contributed by atoms with van der Waals surface area (Å²) in [5.74, 6) is 0.829. The van der Waals surface area contributed by atoms with Crippen LogP contribution in [0, 0.1) is 5.92 Å². The highest BCUT2D eigenvalue weighted by atomic mass is 16.5. The first-order valence-electron chi connectivity index (χ1n) is 11.4. The molecule has 4 nitrogen and oxygen atoms in total. The number of aliphatic hydroxyl groups is 2. The van der Waals surface area contributed by atoms with Crippen molar-refractivity contribution in [3.63, 3.8) is 0 Å². The van der Waals surface area contributed by atoms with Crippen molar-refractivity contribution in [2.75, 3.05) is 13.7 Å². The van der Waals surface area contributed by atoms with E-state index >= 15 is 0 Å². The largest absolute Gasteiger partial charge is 0.497 e. The standard InChI is InChI=1S/C27H31NO3/c1-31-20-9-6-17(7-10-20)15-28-16-19-14-25(29)26-23-11-8-18-4-2-3-5-21(18)22(23)12-13-24(26)27(19)30/h6-13,19,25,27-30H,2-5,14-16H2,1H3. The summed E-state index contributed by atoms with van der Waals surface area (Å²) in [7, 11) is 1.67. The van der Waals surface area contributed by atoms with Crippen LogP contribution in [-0.4, -0.2) is 23.9 Å². The molecule has 0 amide bonds. The van der Waals surface area contributed by atoms with E-state index in [2.05, 4.69) is 29.6 Å². The first-order chi connectivity index (χ1) is 15.2. The number of benzene rings is 3. The van der Waals surface area contributed by atoms with Crippen LogP contribution in [0.25, 0.3) is 10.8 Å².